The molecule has 3 nitrogen and oxygen atoms in total. The standard InChI is InChI=1S/C14H16N2OS/c1-4-18-13-9(8-15)5-10-11(16-13)6-14(2,3)7-12(10)17/h5H,4,6-7H2,1-3H3. The summed E-state index contributed by atoms with van der Waals surface area (Å²) >= 11 is 1.56. The molecule has 4 heteroatoms. The molecule has 0 saturated carbocycles. The summed E-state index contributed by atoms with van der Waals surface area (Å²) in [4.78, 5) is 16.6. The molecule has 18 heavy (non-hydrogen) atoms. The first-order valence-electron chi connectivity index (χ1n) is 6.07. The number of Topliss-reactive ketones (excluding diaryl/α,β-unsaturated/α-hetero) is 1. The van der Waals surface area contributed by atoms with Crippen molar-refractivity contribution >= 4 is 17.5 Å². The van der Waals surface area contributed by atoms with E-state index in [1.807, 2.05) is 6.92 Å². The second kappa shape index (κ2) is 4.74. The molecule has 0 radical (unpaired) electrons. The molecular formula is C14H16N2OS. The highest BCUT2D eigenvalue weighted by Gasteiger charge is 2.32. The Labute approximate surface area is 112 Å². The summed E-state index contributed by atoms with van der Waals surface area (Å²) in [5.41, 5.74) is 1.99. The van der Waals surface area contributed by atoms with E-state index in [1.54, 1.807) is 17.8 Å². The fourth-order valence-corrected chi connectivity index (χ4v) is 2.99. The number of carbonyl (C=O) groups is 1. The summed E-state index contributed by atoms with van der Waals surface area (Å²) < 4.78 is 0. The van der Waals surface area contributed by atoms with Gasteiger partial charge in [-0.15, -0.1) is 11.8 Å². The van der Waals surface area contributed by atoms with Gasteiger partial charge in [-0.1, -0.05) is 20.8 Å². The number of hydrogen-bond acceptors (Lipinski definition) is 4. The molecule has 1 aliphatic carbocycles. The first-order valence-corrected chi connectivity index (χ1v) is 7.05. The molecule has 0 N–H and O–H groups in total. The molecule has 0 fully saturated rings. The Morgan fingerprint density at radius 2 is 2.22 bits per heavy atom. The van der Waals surface area contributed by atoms with E-state index < -0.39 is 0 Å². The maximum atomic E-state index is 12.1. The summed E-state index contributed by atoms with van der Waals surface area (Å²) in [5.74, 6) is 0.982. The topological polar surface area (TPSA) is 53.8 Å². The summed E-state index contributed by atoms with van der Waals surface area (Å²) in [6.07, 6.45) is 1.34. The highest BCUT2D eigenvalue weighted by atomic mass is 32.2. The minimum atomic E-state index is -0.0284. The van der Waals surface area contributed by atoms with Gasteiger partial charge >= 0.3 is 0 Å². The van der Waals surface area contributed by atoms with Gasteiger partial charge in [0.05, 0.1) is 11.3 Å². The van der Waals surface area contributed by atoms with Crippen LogP contribution >= 0.6 is 11.8 Å². The number of nitriles is 1. The minimum Gasteiger partial charge on any atom is -0.294 e. The van der Waals surface area contributed by atoms with Gasteiger partial charge in [-0.05, 0) is 23.7 Å². The molecule has 0 bridgehead atoms. The van der Waals surface area contributed by atoms with E-state index in [0.29, 0.717) is 17.5 Å². The normalized spacial score (nSPS) is 17.1. The largest absolute Gasteiger partial charge is 0.294 e. The van der Waals surface area contributed by atoms with Gasteiger partial charge in [-0.3, -0.25) is 4.79 Å². The highest BCUT2D eigenvalue weighted by molar-refractivity contribution is 7.99. The predicted octanol–water partition coefficient (Wildman–Crippen LogP) is 3.22. The van der Waals surface area contributed by atoms with Crippen molar-refractivity contribution in [2.45, 2.75) is 38.6 Å². The lowest BCUT2D eigenvalue weighted by molar-refractivity contribution is 0.0910. The van der Waals surface area contributed by atoms with Gasteiger partial charge in [0.25, 0.3) is 0 Å². The molecule has 0 aliphatic heterocycles. The third-order valence-electron chi connectivity index (χ3n) is 3.05. The van der Waals surface area contributed by atoms with Crippen LogP contribution in [0, 0.1) is 16.7 Å². The Bertz CT molecular complexity index is 543. The Balaban J connectivity index is 2.53. The van der Waals surface area contributed by atoms with Crippen molar-refractivity contribution in [3.63, 3.8) is 0 Å². The SMILES string of the molecule is CCSc1nc2c(cc1C#N)C(=O)CC(C)(C)C2. The summed E-state index contributed by atoms with van der Waals surface area (Å²) in [5, 5.41) is 9.87. The third-order valence-corrected chi connectivity index (χ3v) is 3.93. The maximum absolute atomic E-state index is 12.1. The van der Waals surface area contributed by atoms with Crippen molar-refractivity contribution in [2.75, 3.05) is 5.75 Å². The fraction of sp³-hybridized carbons (Fsp3) is 0.500. The first kappa shape index (κ1) is 13.1. The fourth-order valence-electron chi connectivity index (χ4n) is 2.28. The average molecular weight is 260 g/mol. The quantitative estimate of drug-likeness (QED) is 0.766. The molecule has 0 saturated heterocycles. The lowest BCUT2D eigenvalue weighted by Gasteiger charge is -2.29. The zero-order valence-electron chi connectivity index (χ0n) is 10.9. The van der Waals surface area contributed by atoms with E-state index >= 15 is 0 Å². The Morgan fingerprint density at radius 3 is 2.83 bits per heavy atom. The molecule has 0 atom stereocenters. The van der Waals surface area contributed by atoms with E-state index in [9.17, 15) is 4.79 Å². The Kier molecular flexibility index (Phi) is 3.45. The molecule has 1 aromatic heterocycles. The molecule has 0 spiro atoms. The zero-order chi connectivity index (χ0) is 13.3. The number of carbonyl (C=O) groups excluding carboxylic acids is 1. The molecule has 1 aliphatic rings. The Hall–Kier alpha value is -1.34. The number of thioether (sulfide) groups is 1. The molecule has 0 aromatic carbocycles. The lowest BCUT2D eigenvalue weighted by Crippen LogP contribution is -2.28. The van der Waals surface area contributed by atoms with Crippen LogP contribution in [0.25, 0.3) is 0 Å². The molecule has 0 unspecified atom stereocenters. The van der Waals surface area contributed by atoms with E-state index in [4.69, 9.17) is 5.26 Å². The van der Waals surface area contributed by atoms with Gasteiger partial charge in [0, 0.05) is 12.0 Å². The summed E-state index contributed by atoms with van der Waals surface area (Å²) in [7, 11) is 0. The van der Waals surface area contributed by atoms with Gasteiger partial charge in [0.1, 0.15) is 11.1 Å². The van der Waals surface area contributed by atoms with Gasteiger partial charge in [0.15, 0.2) is 5.78 Å². The minimum absolute atomic E-state index is 0.0284. The molecule has 94 valence electrons. The molecule has 1 heterocycles. The van der Waals surface area contributed by atoms with Gasteiger partial charge < -0.3 is 0 Å². The number of nitrogens with zero attached hydrogens (tertiary/aromatic N) is 2. The zero-order valence-corrected chi connectivity index (χ0v) is 11.7. The van der Waals surface area contributed by atoms with Crippen LogP contribution in [0.15, 0.2) is 11.1 Å². The van der Waals surface area contributed by atoms with Crippen molar-refractivity contribution in [3.05, 3.63) is 22.9 Å². The van der Waals surface area contributed by atoms with E-state index in [-0.39, 0.29) is 11.2 Å². The second-order valence-electron chi connectivity index (χ2n) is 5.32. The van der Waals surface area contributed by atoms with Crippen molar-refractivity contribution in [3.8, 4) is 6.07 Å². The van der Waals surface area contributed by atoms with Crippen LogP contribution in [-0.4, -0.2) is 16.5 Å². The number of rotatable bonds is 2. The third kappa shape index (κ3) is 2.41. The van der Waals surface area contributed by atoms with E-state index in [2.05, 4.69) is 24.9 Å². The monoisotopic (exact) mass is 260 g/mol. The number of aromatic nitrogens is 1. The van der Waals surface area contributed by atoms with Crippen LogP contribution in [0.5, 0.6) is 0 Å². The van der Waals surface area contributed by atoms with Crippen LogP contribution in [0.4, 0.5) is 0 Å². The number of hydrogen-bond donors (Lipinski definition) is 0. The van der Waals surface area contributed by atoms with E-state index in [1.165, 1.54) is 0 Å². The smallest absolute Gasteiger partial charge is 0.165 e. The average Bonchev–Trinajstić information content (AvgIpc) is 2.27. The Morgan fingerprint density at radius 1 is 1.50 bits per heavy atom. The number of ketones is 1. The predicted molar refractivity (Wildman–Crippen MR) is 71.8 cm³/mol. The molecule has 1 aromatic rings. The number of fused-ring (bicyclic) bond motifs is 1. The molecule has 0 amide bonds. The lowest BCUT2D eigenvalue weighted by atomic mass is 9.75. The van der Waals surface area contributed by atoms with Crippen molar-refractivity contribution in [1.82, 2.24) is 4.98 Å². The van der Waals surface area contributed by atoms with Crippen LogP contribution in [0.1, 0.15) is 48.8 Å². The van der Waals surface area contributed by atoms with Crippen molar-refractivity contribution in [2.24, 2.45) is 5.41 Å². The van der Waals surface area contributed by atoms with Crippen molar-refractivity contribution < 1.29 is 4.79 Å². The molecule has 2 rings (SSSR count). The second-order valence-corrected chi connectivity index (χ2v) is 6.57. The summed E-state index contributed by atoms with van der Waals surface area (Å²) in [6.45, 7) is 6.20. The van der Waals surface area contributed by atoms with Gasteiger partial charge in [-0.2, -0.15) is 5.26 Å². The van der Waals surface area contributed by atoms with Crippen LogP contribution in [0.3, 0.4) is 0 Å². The first-order chi connectivity index (χ1) is 8.46. The highest BCUT2D eigenvalue weighted by Crippen LogP contribution is 2.35. The summed E-state index contributed by atoms with van der Waals surface area (Å²) in [6, 6.07) is 3.86. The number of pyridine rings is 1. The van der Waals surface area contributed by atoms with Crippen LogP contribution in [0.2, 0.25) is 0 Å². The van der Waals surface area contributed by atoms with Crippen LogP contribution < -0.4 is 0 Å². The van der Waals surface area contributed by atoms with Gasteiger partial charge in [-0.25, -0.2) is 4.98 Å². The maximum Gasteiger partial charge on any atom is 0.165 e. The van der Waals surface area contributed by atoms with Crippen LogP contribution in [-0.2, 0) is 6.42 Å². The van der Waals surface area contributed by atoms with Gasteiger partial charge in [0.2, 0.25) is 0 Å². The molecular weight excluding hydrogens is 244 g/mol. The van der Waals surface area contributed by atoms with Crippen molar-refractivity contribution in [1.29, 1.82) is 5.26 Å². The van der Waals surface area contributed by atoms with E-state index in [0.717, 1.165) is 22.9 Å².